The Bertz CT molecular complexity index is 683. The van der Waals surface area contributed by atoms with Crippen molar-refractivity contribution in [1.29, 1.82) is 0 Å². The molecule has 0 aliphatic carbocycles. The molecule has 1 aromatic carbocycles. The molecule has 6 nitrogen and oxygen atoms in total. The Labute approximate surface area is 114 Å². The lowest BCUT2D eigenvalue weighted by molar-refractivity contribution is 0.0693. The average Bonchev–Trinajstić information content (AvgIpc) is 2.40. The van der Waals surface area contributed by atoms with Gasteiger partial charge in [0.25, 0.3) is 5.91 Å². The molecule has 20 heavy (non-hydrogen) atoms. The molecule has 0 aliphatic heterocycles. The fraction of sp³-hybridized carbons (Fsp3) is 0.0714. The van der Waals surface area contributed by atoms with E-state index >= 15 is 0 Å². The van der Waals surface area contributed by atoms with Crippen LogP contribution < -0.4 is 5.32 Å². The zero-order valence-electron chi connectivity index (χ0n) is 10.6. The molecule has 6 heteroatoms. The van der Waals surface area contributed by atoms with Gasteiger partial charge in [-0.25, -0.2) is 4.79 Å². The lowest BCUT2D eigenvalue weighted by atomic mass is 10.1. The fourth-order valence-electron chi connectivity index (χ4n) is 1.67. The second-order valence-electron chi connectivity index (χ2n) is 4.24. The van der Waals surface area contributed by atoms with E-state index in [1.807, 2.05) is 6.92 Å². The molecule has 0 unspecified atom stereocenters. The maximum absolute atomic E-state index is 12.0. The van der Waals surface area contributed by atoms with Gasteiger partial charge in [0.05, 0.1) is 5.56 Å². The summed E-state index contributed by atoms with van der Waals surface area (Å²) in [6, 6.07) is 5.50. The number of amides is 1. The van der Waals surface area contributed by atoms with Gasteiger partial charge in [-0.05, 0) is 36.8 Å². The first kappa shape index (κ1) is 13.5. The third kappa shape index (κ3) is 2.92. The van der Waals surface area contributed by atoms with E-state index in [0.29, 0.717) is 5.56 Å². The summed E-state index contributed by atoms with van der Waals surface area (Å²) in [5.74, 6) is -2.02. The maximum Gasteiger partial charge on any atom is 0.339 e. The molecule has 2 rings (SSSR count). The predicted molar refractivity (Wildman–Crippen MR) is 72.0 cm³/mol. The largest absolute Gasteiger partial charge is 0.507 e. The van der Waals surface area contributed by atoms with Crippen LogP contribution in [0.1, 0.15) is 26.3 Å². The van der Waals surface area contributed by atoms with Gasteiger partial charge >= 0.3 is 5.97 Å². The summed E-state index contributed by atoms with van der Waals surface area (Å²) in [6.45, 7) is 1.81. The predicted octanol–water partition coefficient (Wildman–Crippen LogP) is 2.05. The molecule has 0 saturated carbocycles. The summed E-state index contributed by atoms with van der Waals surface area (Å²) in [5, 5.41) is 20.8. The third-order valence-electron chi connectivity index (χ3n) is 2.62. The number of carboxylic acid groups (broad SMARTS) is 1. The number of pyridine rings is 1. The van der Waals surface area contributed by atoms with Crippen LogP contribution in [0.15, 0.2) is 36.7 Å². The van der Waals surface area contributed by atoms with Crippen molar-refractivity contribution in [1.82, 2.24) is 4.98 Å². The highest BCUT2D eigenvalue weighted by atomic mass is 16.4. The van der Waals surface area contributed by atoms with Gasteiger partial charge < -0.3 is 15.5 Å². The Balaban J connectivity index is 2.24. The smallest absolute Gasteiger partial charge is 0.339 e. The van der Waals surface area contributed by atoms with Crippen LogP contribution in [0.25, 0.3) is 0 Å². The number of nitrogens with zero attached hydrogens (tertiary/aromatic N) is 1. The summed E-state index contributed by atoms with van der Waals surface area (Å²) in [5.41, 5.74) is 1.22. The quantitative estimate of drug-likeness (QED) is 0.742. The zero-order valence-corrected chi connectivity index (χ0v) is 10.6. The van der Waals surface area contributed by atoms with Crippen LogP contribution in [0.4, 0.5) is 5.69 Å². The van der Waals surface area contributed by atoms with E-state index in [4.69, 9.17) is 5.11 Å². The van der Waals surface area contributed by atoms with Gasteiger partial charge in [0.1, 0.15) is 11.3 Å². The molecule has 0 bridgehead atoms. The number of aromatic hydroxyl groups is 1. The molecule has 0 aliphatic rings. The SMILES string of the molecule is Cc1cncc(C(=O)Nc2ccc(O)c(C(=O)O)c2)c1. The van der Waals surface area contributed by atoms with E-state index in [-0.39, 0.29) is 17.0 Å². The Morgan fingerprint density at radius 1 is 1.20 bits per heavy atom. The molecule has 1 amide bonds. The topological polar surface area (TPSA) is 99.5 Å². The van der Waals surface area contributed by atoms with Crippen LogP contribution in [-0.2, 0) is 0 Å². The number of nitrogens with one attached hydrogen (secondary N) is 1. The summed E-state index contributed by atoms with van der Waals surface area (Å²) < 4.78 is 0. The zero-order chi connectivity index (χ0) is 14.7. The number of phenols is 1. The van der Waals surface area contributed by atoms with E-state index < -0.39 is 11.9 Å². The summed E-state index contributed by atoms with van der Waals surface area (Å²) in [4.78, 5) is 26.8. The van der Waals surface area contributed by atoms with Crippen LogP contribution in [0.3, 0.4) is 0 Å². The number of hydrogen-bond acceptors (Lipinski definition) is 4. The van der Waals surface area contributed by atoms with Gasteiger partial charge in [0.15, 0.2) is 0 Å². The number of hydrogen-bond donors (Lipinski definition) is 3. The van der Waals surface area contributed by atoms with Gasteiger partial charge in [-0.3, -0.25) is 9.78 Å². The Hall–Kier alpha value is -2.89. The average molecular weight is 272 g/mol. The minimum atomic E-state index is -1.27. The first-order valence-corrected chi connectivity index (χ1v) is 5.76. The summed E-state index contributed by atoms with van der Waals surface area (Å²) >= 11 is 0. The van der Waals surface area contributed by atoms with Crippen molar-refractivity contribution in [2.75, 3.05) is 5.32 Å². The molecule has 0 atom stereocenters. The van der Waals surface area contributed by atoms with Gasteiger partial charge in [0, 0.05) is 18.1 Å². The van der Waals surface area contributed by atoms with E-state index in [2.05, 4.69) is 10.3 Å². The first-order valence-electron chi connectivity index (χ1n) is 5.76. The Kier molecular flexibility index (Phi) is 3.65. The van der Waals surface area contributed by atoms with Crippen molar-refractivity contribution in [3.63, 3.8) is 0 Å². The van der Waals surface area contributed by atoms with Crippen molar-refractivity contribution in [3.8, 4) is 5.75 Å². The molecule has 0 fully saturated rings. The van der Waals surface area contributed by atoms with Crippen molar-refractivity contribution < 1.29 is 19.8 Å². The van der Waals surface area contributed by atoms with Crippen LogP contribution in [0.2, 0.25) is 0 Å². The molecule has 102 valence electrons. The lowest BCUT2D eigenvalue weighted by Crippen LogP contribution is -2.13. The minimum Gasteiger partial charge on any atom is -0.507 e. The number of aromatic nitrogens is 1. The number of carbonyl (C=O) groups is 2. The molecule has 1 heterocycles. The number of carbonyl (C=O) groups excluding carboxylic acids is 1. The van der Waals surface area contributed by atoms with Crippen molar-refractivity contribution in [2.24, 2.45) is 0 Å². The highest BCUT2D eigenvalue weighted by Crippen LogP contribution is 2.21. The third-order valence-corrected chi connectivity index (χ3v) is 2.62. The molecule has 2 aromatic rings. The number of rotatable bonds is 3. The minimum absolute atomic E-state index is 0.273. The van der Waals surface area contributed by atoms with E-state index in [1.54, 1.807) is 12.3 Å². The maximum atomic E-state index is 12.0. The highest BCUT2D eigenvalue weighted by molar-refractivity contribution is 6.05. The highest BCUT2D eigenvalue weighted by Gasteiger charge is 2.12. The Morgan fingerprint density at radius 3 is 2.60 bits per heavy atom. The first-order chi connectivity index (χ1) is 9.47. The fourth-order valence-corrected chi connectivity index (χ4v) is 1.67. The monoisotopic (exact) mass is 272 g/mol. The Morgan fingerprint density at radius 2 is 1.95 bits per heavy atom. The molecular formula is C14H12N2O4. The van der Waals surface area contributed by atoms with Crippen LogP contribution >= 0.6 is 0 Å². The van der Waals surface area contributed by atoms with E-state index in [9.17, 15) is 14.7 Å². The number of carboxylic acids is 1. The molecule has 3 N–H and O–H groups in total. The van der Waals surface area contributed by atoms with Crippen LogP contribution in [0, 0.1) is 6.92 Å². The molecule has 1 aromatic heterocycles. The summed E-state index contributed by atoms with van der Waals surface area (Å²) in [6.07, 6.45) is 3.04. The van der Waals surface area contributed by atoms with Gasteiger partial charge in [0.2, 0.25) is 0 Å². The lowest BCUT2D eigenvalue weighted by Gasteiger charge is -2.07. The normalized spacial score (nSPS) is 10.1. The summed E-state index contributed by atoms with van der Waals surface area (Å²) in [7, 11) is 0. The number of aryl methyl sites for hydroxylation is 1. The standard InChI is InChI=1S/C14H12N2O4/c1-8-4-9(7-15-6-8)13(18)16-10-2-3-12(17)11(5-10)14(19)20/h2-7,17H,1H3,(H,16,18)(H,19,20). The second kappa shape index (κ2) is 5.40. The van der Waals surface area contributed by atoms with Gasteiger partial charge in [-0.1, -0.05) is 0 Å². The number of anilines is 1. The van der Waals surface area contributed by atoms with E-state index in [1.165, 1.54) is 24.4 Å². The van der Waals surface area contributed by atoms with Crippen molar-refractivity contribution in [2.45, 2.75) is 6.92 Å². The van der Waals surface area contributed by atoms with Crippen LogP contribution in [0.5, 0.6) is 5.75 Å². The van der Waals surface area contributed by atoms with Crippen molar-refractivity contribution >= 4 is 17.6 Å². The number of aromatic carboxylic acids is 1. The second-order valence-corrected chi connectivity index (χ2v) is 4.24. The van der Waals surface area contributed by atoms with Crippen molar-refractivity contribution in [3.05, 3.63) is 53.3 Å². The molecular weight excluding hydrogens is 260 g/mol. The van der Waals surface area contributed by atoms with Gasteiger partial charge in [-0.15, -0.1) is 0 Å². The van der Waals surface area contributed by atoms with Gasteiger partial charge in [-0.2, -0.15) is 0 Å². The molecule has 0 saturated heterocycles. The van der Waals surface area contributed by atoms with E-state index in [0.717, 1.165) is 5.56 Å². The molecule has 0 radical (unpaired) electrons. The number of benzene rings is 1. The molecule has 0 spiro atoms. The van der Waals surface area contributed by atoms with Crippen LogP contribution in [-0.4, -0.2) is 27.1 Å².